The number of amides is 3. The molecule has 0 bridgehead atoms. The molecule has 1 aliphatic heterocycles. The van der Waals surface area contributed by atoms with Gasteiger partial charge >= 0.3 is 0 Å². The topological polar surface area (TPSA) is 109 Å². The maximum absolute atomic E-state index is 12.7. The van der Waals surface area contributed by atoms with Crippen LogP contribution in [0.4, 0.5) is 11.4 Å². The van der Waals surface area contributed by atoms with E-state index in [2.05, 4.69) is 20.8 Å². The summed E-state index contributed by atoms with van der Waals surface area (Å²) in [6.07, 6.45) is 3.62. The number of anilines is 2. The molecule has 3 amide bonds. The van der Waals surface area contributed by atoms with Gasteiger partial charge in [-0.1, -0.05) is 18.2 Å². The molecule has 2 N–H and O–H groups in total. The Morgan fingerprint density at radius 1 is 1.09 bits per heavy atom. The number of carbonyl (C=O) groups excluding carboxylic acids is 3. The number of carbonyl (C=O) groups is 3. The molecule has 0 saturated carbocycles. The highest BCUT2D eigenvalue weighted by molar-refractivity contribution is 8.00. The molecule has 1 fully saturated rings. The molecule has 0 spiro atoms. The number of benzene rings is 1. The van der Waals surface area contributed by atoms with Crippen LogP contribution in [0.25, 0.3) is 0 Å². The molecule has 1 saturated heterocycles. The highest BCUT2D eigenvalue weighted by Gasteiger charge is 2.23. The normalized spacial score (nSPS) is 15.2. The zero-order valence-electron chi connectivity index (χ0n) is 18.8. The van der Waals surface area contributed by atoms with Crippen LogP contribution in [-0.4, -0.2) is 49.2 Å². The van der Waals surface area contributed by atoms with Gasteiger partial charge in [0.25, 0.3) is 0 Å². The number of hydrogen-bond acceptors (Lipinski definition) is 6. The fraction of sp³-hybridized carbons (Fsp3) is 0.500. The molecule has 0 radical (unpaired) electrons. The van der Waals surface area contributed by atoms with Gasteiger partial charge in [0.05, 0.1) is 11.8 Å². The Balaban J connectivity index is 1.61. The van der Waals surface area contributed by atoms with Gasteiger partial charge in [-0.2, -0.15) is 0 Å². The van der Waals surface area contributed by atoms with Crippen LogP contribution in [0.3, 0.4) is 0 Å². The molecule has 1 aliphatic rings. The van der Waals surface area contributed by atoms with E-state index in [1.165, 1.54) is 18.7 Å². The number of nitrogens with one attached hydrogen (secondary N) is 2. The van der Waals surface area contributed by atoms with Gasteiger partial charge in [0, 0.05) is 37.8 Å². The highest BCUT2D eigenvalue weighted by atomic mass is 32.2. The predicted octanol–water partition coefficient (Wildman–Crippen LogP) is 3.28. The van der Waals surface area contributed by atoms with Crippen LogP contribution in [0, 0.1) is 0 Å². The first-order valence-electron chi connectivity index (χ1n) is 10.9. The van der Waals surface area contributed by atoms with Crippen molar-refractivity contribution in [3.05, 3.63) is 30.1 Å². The lowest BCUT2D eigenvalue weighted by Crippen LogP contribution is -2.31. The first-order chi connectivity index (χ1) is 15.4. The minimum atomic E-state index is -0.396. The molecule has 172 valence electrons. The maximum atomic E-state index is 12.7. The van der Waals surface area contributed by atoms with Crippen molar-refractivity contribution < 1.29 is 14.4 Å². The Morgan fingerprint density at radius 3 is 2.44 bits per heavy atom. The Bertz CT molecular complexity index is 959. The number of nitrogens with zero attached hydrogens (tertiary/aromatic N) is 4. The van der Waals surface area contributed by atoms with Crippen LogP contribution in [0.5, 0.6) is 0 Å². The van der Waals surface area contributed by atoms with E-state index in [0.29, 0.717) is 36.0 Å². The molecule has 3 rings (SSSR count). The zero-order chi connectivity index (χ0) is 23.1. The summed E-state index contributed by atoms with van der Waals surface area (Å²) in [6, 6.07) is 6.95. The van der Waals surface area contributed by atoms with Gasteiger partial charge in [-0.25, -0.2) is 0 Å². The second-order valence-electron chi connectivity index (χ2n) is 7.78. The standard InChI is InChI=1S/C22H30N6O3S/c1-4-28-19(14-27-13-7-5-6-8-20(27)30)25-26-22(28)32-15(2)21(31)24-18-11-9-17(10-12-18)23-16(3)29/h9-12,15H,4-8,13-14H2,1-3H3,(H,23,29)(H,24,31)/t15-/m0/s1. The van der Waals surface area contributed by atoms with E-state index >= 15 is 0 Å². The van der Waals surface area contributed by atoms with Crippen molar-refractivity contribution in [2.45, 2.75) is 70.0 Å². The van der Waals surface area contributed by atoms with Crippen LogP contribution >= 0.6 is 11.8 Å². The van der Waals surface area contributed by atoms with E-state index in [-0.39, 0.29) is 17.7 Å². The summed E-state index contributed by atoms with van der Waals surface area (Å²) in [4.78, 5) is 38.0. The van der Waals surface area contributed by atoms with Crippen molar-refractivity contribution in [2.24, 2.45) is 0 Å². The fourth-order valence-corrected chi connectivity index (χ4v) is 4.44. The first-order valence-corrected chi connectivity index (χ1v) is 11.8. The van der Waals surface area contributed by atoms with E-state index < -0.39 is 5.25 Å². The lowest BCUT2D eigenvalue weighted by Gasteiger charge is -2.20. The quantitative estimate of drug-likeness (QED) is 0.588. The van der Waals surface area contributed by atoms with E-state index in [0.717, 1.165) is 31.6 Å². The number of hydrogen-bond donors (Lipinski definition) is 2. The molecule has 0 aliphatic carbocycles. The van der Waals surface area contributed by atoms with Crippen molar-refractivity contribution in [3.63, 3.8) is 0 Å². The van der Waals surface area contributed by atoms with Gasteiger partial charge in [0.2, 0.25) is 17.7 Å². The van der Waals surface area contributed by atoms with E-state index in [4.69, 9.17) is 0 Å². The summed E-state index contributed by atoms with van der Waals surface area (Å²) in [5.74, 6) is 0.606. The summed E-state index contributed by atoms with van der Waals surface area (Å²) in [6.45, 7) is 7.12. The van der Waals surface area contributed by atoms with Crippen LogP contribution in [0.15, 0.2) is 29.4 Å². The minimum absolute atomic E-state index is 0.147. The molecule has 2 aromatic rings. The maximum Gasteiger partial charge on any atom is 0.237 e. The Morgan fingerprint density at radius 2 is 1.78 bits per heavy atom. The van der Waals surface area contributed by atoms with Crippen LogP contribution in [-0.2, 0) is 27.5 Å². The lowest BCUT2D eigenvalue weighted by molar-refractivity contribution is -0.131. The Labute approximate surface area is 192 Å². The summed E-state index contributed by atoms with van der Waals surface area (Å²) < 4.78 is 1.97. The summed E-state index contributed by atoms with van der Waals surface area (Å²) in [7, 11) is 0. The number of thioether (sulfide) groups is 1. The van der Waals surface area contributed by atoms with Gasteiger partial charge < -0.3 is 20.1 Å². The Kier molecular flexibility index (Phi) is 8.26. The predicted molar refractivity (Wildman–Crippen MR) is 124 cm³/mol. The van der Waals surface area contributed by atoms with Gasteiger partial charge in [-0.05, 0) is 51.0 Å². The highest BCUT2D eigenvalue weighted by Crippen LogP contribution is 2.25. The van der Waals surface area contributed by atoms with Gasteiger partial charge in [0.1, 0.15) is 0 Å². The lowest BCUT2D eigenvalue weighted by atomic mass is 10.2. The van der Waals surface area contributed by atoms with Gasteiger partial charge in [-0.3, -0.25) is 14.4 Å². The van der Waals surface area contributed by atoms with Crippen LogP contribution in [0.2, 0.25) is 0 Å². The van der Waals surface area contributed by atoms with Gasteiger partial charge in [0.15, 0.2) is 11.0 Å². The third kappa shape index (κ3) is 6.32. The van der Waals surface area contributed by atoms with Crippen molar-refractivity contribution in [3.8, 4) is 0 Å². The molecule has 1 aromatic carbocycles. The molecular weight excluding hydrogens is 428 g/mol. The second kappa shape index (κ2) is 11.1. The van der Waals surface area contributed by atoms with Crippen LogP contribution in [0.1, 0.15) is 52.3 Å². The molecule has 1 aromatic heterocycles. The van der Waals surface area contributed by atoms with Crippen molar-refractivity contribution in [1.29, 1.82) is 0 Å². The molecule has 10 heteroatoms. The molecule has 1 atom stereocenters. The zero-order valence-corrected chi connectivity index (χ0v) is 19.6. The molecule has 2 heterocycles. The smallest absolute Gasteiger partial charge is 0.237 e. The molecule has 32 heavy (non-hydrogen) atoms. The molecule has 9 nitrogen and oxygen atoms in total. The number of aromatic nitrogens is 3. The van der Waals surface area contributed by atoms with Crippen LogP contribution < -0.4 is 10.6 Å². The number of likely N-dealkylation sites (tertiary alicyclic amines) is 1. The Hall–Kier alpha value is -2.88. The minimum Gasteiger partial charge on any atom is -0.335 e. The first kappa shape index (κ1) is 23.8. The third-order valence-electron chi connectivity index (χ3n) is 5.24. The van der Waals surface area contributed by atoms with Crippen molar-refractivity contribution in [1.82, 2.24) is 19.7 Å². The third-order valence-corrected chi connectivity index (χ3v) is 6.32. The molecular formula is C22H30N6O3S. The summed E-state index contributed by atoms with van der Waals surface area (Å²) in [5.41, 5.74) is 1.32. The fourth-order valence-electron chi connectivity index (χ4n) is 3.51. The average molecular weight is 459 g/mol. The van der Waals surface area contributed by atoms with Crippen molar-refractivity contribution in [2.75, 3.05) is 17.2 Å². The van der Waals surface area contributed by atoms with E-state index in [1.54, 1.807) is 24.3 Å². The summed E-state index contributed by atoms with van der Waals surface area (Å²) >= 11 is 1.34. The largest absolute Gasteiger partial charge is 0.335 e. The van der Waals surface area contributed by atoms with E-state index in [1.807, 2.05) is 23.3 Å². The van der Waals surface area contributed by atoms with E-state index in [9.17, 15) is 14.4 Å². The second-order valence-corrected chi connectivity index (χ2v) is 9.08. The van der Waals surface area contributed by atoms with Gasteiger partial charge in [-0.15, -0.1) is 10.2 Å². The summed E-state index contributed by atoms with van der Waals surface area (Å²) in [5, 5.41) is 14.4. The SMILES string of the molecule is CCn1c(CN2CCCCCC2=O)nnc1S[C@@H](C)C(=O)Nc1ccc(NC(C)=O)cc1. The average Bonchev–Trinajstić information content (AvgIpc) is 3.02. The van der Waals surface area contributed by atoms with Crippen molar-refractivity contribution >= 4 is 40.9 Å². The monoisotopic (exact) mass is 458 g/mol. The molecule has 0 unspecified atom stereocenters. The number of rotatable bonds is 8.